The number of benzene rings is 2. The van der Waals surface area contributed by atoms with Crippen molar-refractivity contribution in [1.29, 1.82) is 0 Å². The summed E-state index contributed by atoms with van der Waals surface area (Å²) >= 11 is 6.20. The monoisotopic (exact) mass is 575 g/mol. The highest BCUT2D eigenvalue weighted by molar-refractivity contribution is 6.31. The number of carbonyl (C=O) groups excluding carboxylic acids is 2. The van der Waals surface area contributed by atoms with E-state index in [1.54, 1.807) is 18.3 Å². The summed E-state index contributed by atoms with van der Waals surface area (Å²) in [5.74, 6) is 3.27. The summed E-state index contributed by atoms with van der Waals surface area (Å²) in [5.41, 5.74) is 8.96. The lowest BCUT2D eigenvalue weighted by atomic mass is 10.1. The number of halogens is 1. The van der Waals surface area contributed by atoms with Crippen LogP contribution in [0.3, 0.4) is 0 Å². The average molecular weight is 576 g/mol. The topological polar surface area (TPSA) is 110 Å². The van der Waals surface area contributed by atoms with E-state index in [2.05, 4.69) is 33.1 Å². The van der Waals surface area contributed by atoms with E-state index in [1.807, 2.05) is 24.3 Å². The molecule has 3 N–H and O–H groups in total. The summed E-state index contributed by atoms with van der Waals surface area (Å²) in [7, 11) is 0. The molecule has 1 aliphatic carbocycles. The Kier molecular flexibility index (Phi) is 7.84. The lowest BCUT2D eigenvalue weighted by Crippen LogP contribution is -2.45. The van der Waals surface area contributed by atoms with Crippen molar-refractivity contribution >= 4 is 29.2 Å². The lowest BCUT2D eigenvalue weighted by molar-refractivity contribution is -0.116. The Bertz CT molecular complexity index is 1470. The third-order valence-electron chi connectivity index (χ3n) is 8.14. The van der Waals surface area contributed by atoms with Crippen LogP contribution in [0, 0.1) is 0 Å². The second kappa shape index (κ2) is 11.7. The molecule has 2 unspecified atom stereocenters. The molecule has 7 rings (SSSR count). The number of nitrogens with one attached hydrogen (secondary N) is 1. The van der Waals surface area contributed by atoms with Crippen LogP contribution in [0.15, 0.2) is 48.7 Å². The number of pyridine rings is 1. The van der Waals surface area contributed by atoms with Crippen LogP contribution < -0.4 is 20.5 Å². The Hall–Kier alpha value is -3.66. The van der Waals surface area contributed by atoms with Crippen LogP contribution in [-0.2, 0) is 17.8 Å². The van der Waals surface area contributed by atoms with Crippen molar-refractivity contribution in [1.82, 2.24) is 14.8 Å². The molecule has 3 aliphatic heterocycles. The van der Waals surface area contributed by atoms with Crippen LogP contribution in [0.1, 0.15) is 52.7 Å². The van der Waals surface area contributed by atoms with Crippen molar-refractivity contribution in [2.75, 3.05) is 38.0 Å². The Morgan fingerprint density at radius 1 is 1.12 bits per heavy atom. The minimum Gasteiger partial charge on any atom is -0.489 e. The first-order valence-corrected chi connectivity index (χ1v) is 14.5. The second-order valence-corrected chi connectivity index (χ2v) is 11.3. The highest BCUT2D eigenvalue weighted by Crippen LogP contribution is 2.54. The maximum absolute atomic E-state index is 11.5. The maximum atomic E-state index is 11.5. The third-order valence-corrected chi connectivity index (χ3v) is 8.49. The molecule has 214 valence electrons. The van der Waals surface area contributed by atoms with Gasteiger partial charge in [-0.25, -0.2) is 4.98 Å². The fourth-order valence-corrected chi connectivity index (χ4v) is 5.83. The number of amides is 2. The number of carbonyl (C=O) groups is 2. The molecular weight excluding hydrogens is 542 g/mol. The molecule has 4 aliphatic rings. The van der Waals surface area contributed by atoms with E-state index in [9.17, 15) is 9.59 Å². The van der Waals surface area contributed by atoms with E-state index in [4.69, 9.17) is 26.8 Å². The highest BCUT2D eigenvalue weighted by Gasteiger charge is 2.48. The standard InChI is InChI=1S/C17H14N2O3.C14H20ClN3O/c20-16-4-2-10-14(5-6-18-17(10)19-16)21-9-1-3-13-11(7-9)12-8-15(12)22-13;1-2-17-5-7-18(8-6-17)10-12-4-3-11(14(16)19)9-13(12)15/h1,3,5-7,12,15H,2,4,8H2,(H,18,19,20);3-4,9H,2,5-8,10H2,1H3,(H2,16,19). The van der Waals surface area contributed by atoms with Gasteiger partial charge in [-0.15, -0.1) is 0 Å². The number of piperazine rings is 1. The molecule has 41 heavy (non-hydrogen) atoms. The molecule has 2 atom stereocenters. The van der Waals surface area contributed by atoms with Gasteiger partial charge in [0.15, 0.2) is 0 Å². The molecule has 1 aromatic heterocycles. The van der Waals surface area contributed by atoms with Gasteiger partial charge >= 0.3 is 0 Å². The SMILES string of the molecule is CCN1CCN(Cc2ccc(C(N)=O)cc2Cl)CC1.O=C1CCc2c(Oc3ccc4c(c3)C3CC3O4)ccnc2N1. The Balaban J connectivity index is 0.000000150. The normalized spacial score (nSPS) is 20.9. The van der Waals surface area contributed by atoms with E-state index in [0.29, 0.717) is 41.3 Å². The van der Waals surface area contributed by atoms with Crippen molar-refractivity contribution in [3.05, 3.63) is 75.9 Å². The number of aromatic nitrogens is 1. The number of anilines is 1. The first-order chi connectivity index (χ1) is 19.9. The molecule has 2 fully saturated rings. The van der Waals surface area contributed by atoms with Crippen molar-refractivity contribution in [3.8, 4) is 17.2 Å². The number of ether oxygens (including phenoxy) is 2. The fraction of sp³-hybridized carbons (Fsp3) is 0.387. The molecular formula is C31H34ClN5O4. The van der Waals surface area contributed by atoms with Gasteiger partial charge in [0, 0.05) is 73.0 Å². The number of hydrogen-bond donors (Lipinski definition) is 2. The summed E-state index contributed by atoms with van der Waals surface area (Å²) in [6.07, 6.45) is 4.29. The predicted octanol–water partition coefficient (Wildman–Crippen LogP) is 4.58. The zero-order valence-electron chi connectivity index (χ0n) is 23.1. The van der Waals surface area contributed by atoms with Gasteiger partial charge in [-0.3, -0.25) is 14.5 Å². The summed E-state index contributed by atoms with van der Waals surface area (Å²) in [4.78, 5) is 31.6. The van der Waals surface area contributed by atoms with Gasteiger partial charge in [0.2, 0.25) is 11.8 Å². The summed E-state index contributed by atoms with van der Waals surface area (Å²) in [6, 6.07) is 13.1. The van der Waals surface area contributed by atoms with Gasteiger partial charge in [-0.05, 0) is 61.3 Å². The molecule has 0 bridgehead atoms. The number of fused-ring (bicyclic) bond motifs is 4. The Morgan fingerprint density at radius 3 is 2.68 bits per heavy atom. The molecule has 0 radical (unpaired) electrons. The van der Waals surface area contributed by atoms with Crippen molar-refractivity contribution < 1.29 is 19.1 Å². The van der Waals surface area contributed by atoms with E-state index < -0.39 is 5.91 Å². The number of likely N-dealkylation sites (N-methyl/N-ethyl adjacent to an activating group) is 1. The molecule has 2 amide bonds. The van der Waals surface area contributed by atoms with Gasteiger partial charge in [0.05, 0.1) is 0 Å². The van der Waals surface area contributed by atoms with Crippen LogP contribution in [0.25, 0.3) is 0 Å². The fourth-order valence-electron chi connectivity index (χ4n) is 5.59. The predicted molar refractivity (Wildman–Crippen MR) is 157 cm³/mol. The Labute approximate surface area is 244 Å². The van der Waals surface area contributed by atoms with Gasteiger partial charge in [0.25, 0.3) is 0 Å². The van der Waals surface area contributed by atoms with E-state index in [1.165, 1.54) is 5.56 Å². The van der Waals surface area contributed by atoms with Gasteiger partial charge in [-0.2, -0.15) is 0 Å². The Morgan fingerprint density at radius 2 is 1.93 bits per heavy atom. The smallest absolute Gasteiger partial charge is 0.248 e. The first kappa shape index (κ1) is 27.5. The maximum Gasteiger partial charge on any atom is 0.248 e. The molecule has 9 nitrogen and oxygen atoms in total. The zero-order valence-corrected chi connectivity index (χ0v) is 23.8. The van der Waals surface area contributed by atoms with Gasteiger partial charge in [-0.1, -0.05) is 24.6 Å². The van der Waals surface area contributed by atoms with E-state index >= 15 is 0 Å². The van der Waals surface area contributed by atoms with Crippen LogP contribution >= 0.6 is 11.6 Å². The van der Waals surface area contributed by atoms with E-state index in [-0.39, 0.29) is 5.91 Å². The molecule has 2 aromatic carbocycles. The minimum atomic E-state index is -0.440. The molecule has 1 saturated heterocycles. The van der Waals surface area contributed by atoms with Crippen LogP contribution in [0.5, 0.6) is 17.2 Å². The van der Waals surface area contributed by atoms with Crippen molar-refractivity contribution in [2.24, 2.45) is 5.73 Å². The first-order valence-electron chi connectivity index (χ1n) is 14.2. The third kappa shape index (κ3) is 6.17. The van der Waals surface area contributed by atoms with Crippen LogP contribution in [0.4, 0.5) is 5.82 Å². The minimum absolute atomic E-state index is 0.00612. The summed E-state index contributed by atoms with van der Waals surface area (Å²) in [6.45, 7) is 8.46. The molecule has 4 heterocycles. The molecule has 3 aromatic rings. The highest BCUT2D eigenvalue weighted by atomic mass is 35.5. The van der Waals surface area contributed by atoms with Gasteiger partial charge < -0.3 is 25.4 Å². The quantitative estimate of drug-likeness (QED) is 0.442. The van der Waals surface area contributed by atoms with Crippen LogP contribution in [-0.4, -0.2) is 65.4 Å². The van der Waals surface area contributed by atoms with Crippen LogP contribution in [0.2, 0.25) is 5.02 Å². The zero-order chi connectivity index (χ0) is 28.5. The molecule has 0 spiro atoms. The van der Waals surface area contributed by atoms with Crippen molar-refractivity contribution in [3.63, 3.8) is 0 Å². The number of rotatable bonds is 6. The number of hydrogen-bond acceptors (Lipinski definition) is 7. The van der Waals surface area contributed by atoms with Crippen molar-refractivity contribution in [2.45, 2.75) is 44.8 Å². The number of nitrogens with zero attached hydrogens (tertiary/aromatic N) is 3. The molecule has 1 saturated carbocycles. The van der Waals surface area contributed by atoms with Gasteiger partial charge in [0.1, 0.15) is 29.2 Å². The number of nitrogens with two attached hydrogens (primary N) is 1. The molecule has 10 heteroatoms. The van der Waals surface area contributed by atoms with E-state index in [0.717, 1.165) is 74.1 Å². The largest absolute Gasteiger partial charge is 0.489 e. The number of primary amides is 1. The summed E-state index contributed by atoms with van der Waals surface area (Å²) < 4.78 is 11.8. The summed E-state index contributed by atoms with van der Waals surface area (Å²) in [5, 5.41) is 3.41. The second-order valence-electron chi connectivity index (χ2n) is 10.9. The lowest BCUT2D eigenvalue weighted by Gasteiger charge is -2.34. The average Bonchev–Trinajstić information content (AvgIpc) is 3.66.